The average Bonchev–Trinajstić information content (AvgIpc) is 3.81. The number of halogens is 2. The van der Waals surface area contributed by atoms with Crippen molar-refractivity contribution in [2.75, 3.05) is 0 Å². The van der Waals surface area contributed by atoms with Crippen molar-refractivity contribution < 1.29 is 20.8 Å². The zero-order valence-corrected chi connectivity index (χ0v) is 36.1. The van der Waals surface area contributed by atoms with Crippen LogP contribution in [0.2, 0.25) is 0 Å². The van der Waals surface area contributed by atoms with Gasteiger partial charge in [-0.15, -0.1) is 69.1 Å². The molecule has 10 aromatic rings. The van der Waals surface area contributed by atoms with E-state index in [4.69, 9.17) is 17.0 Å². The van der Waals surface area contributed by atoms with Crippen molar-refractivity contribution in [2.24, 2.45) is 0 Å². The number of benzene rings is 6. The molecule has 2 aromatic heterocycles. The summed E-state index contributed by atoms with van der Waals surface area (Å²) < 4.78 is 0. The van der Waals surface area contributed by atoms with Crippen LogP contribution < -0.4 is 10.4 Å². The van der Waals surface area contributed by atoms with Crippen molar-refractivity contribution in [1.82, 2.24) is 9.97 Å². The van der Waals surface area contributed by atoms with Gasteiger partial charge < -0.3 is 0 Å². The number of rotatable bonds is 4. The van der Waals surface area contributed by atoms with E-state index in [1.54, 1.807) is 0 Å². The third kappa shape index (κ3) is 9.88. The van der Waals surface area contributed by atoms with Crippen LogP contribution in [0.25, 0.3) is 65.6 Å². The summed E-state index contributed by atoms with van der Waals surface area (Å²) in [6.45, 7) is 4.28. The standard InChI is InChI=1S/2C19H14N.C12H10Si.2ClH.Zr/c2*1-13-10-15-7-8-16(12-17(15)11-13)18-6-2-4-14-5-3-9-20-19(14)18;1-3-7-11(8-4-1)13-12-9-5-2-6-10-12;;;/h2*2-12H,1H3;1-10H;2*1H;/q2*-1;;;;+4/p-2. The van der Waals surface area contributed by atoms with E-state index < -0.39 is 20.8 Å². The number of hydrogen-bond donors (Lipinski definition) is 0. The molecule has 0 atom stereocenters. The van der Waals surface area contributed by atoms with Crippen LogP contribution in [0.3, 0.4) is 0 Å². The number of aromatic nitrogens is 2. The fourth-order valence-corrected chi connectivity index (χ4v) is 8.00. The molecule has 0 unspecified atom stereocenters. The number of aryl methyl sites for hydroxylation is 2. The van der Waals surface area contributed by atoms with E-state index in [1.807, 2.05) is 24.5 Å². The van der Waals surface area contributed by atoms with Gasteiger partial charge in [-0.2, -0.15) is 12.1 Å². The largest absolute Gasteiger partial charge is 0.121 e. The van der Waals surface area contributed by atoms with Gasteiger partial charge >= 0.3 is 37.9 Å². The van der Waals surface area contributed by atoms with Crippen molar-refractivity contribution in [1.29, 1.82) is 0 Å². The van der Waals surface area contributed by atoms with Gasteiger partial charge in [-0.05, 0) is 23.3 Å². The second kappa shape index (κ2) is 19.3. The van der Waals surface area contributed by atoms with E-state index in [1.165, 1.54) is 76.1 Å². The van der Waals surface area contributed by atoms with Crippen molar-refractivity contribution >= 4 is 80.3 Å². The van der Waals surface area contributed by atoms with E-state index in [0.717, 1.165) is 20.6 Å². The molecule has 0 amide bonds. The molecule has 2 nitrogen and oxygen atoms in total. The molecule has 0 bridgehead atoms. The summed E-state index contributed by atoms with van der Waals surface area (Å²) in [5.41, 5.74) is 9.61. The Morgan fingerprint density at radius 1 is 0.446 bits per heavy atom. The molecule has 0 aliphatic carbocycles. The first kappa shape index (κ1) is 39.3. The van der Waals surface area contributed by atoms with E-state index in [9.17, 15) is 0 Å². The topological polar surface area (TPSA) is 25.8 Å². The summed E-state index contributed by atoms with van der Waals surface area (Å²) in [6, 6.07) is 64.2. The third-order valence-corrected chi connectivity index (χ3v) is 10.7. The van der Waals surface area contributed by atoms with Crippen molar-refractivity contribution in [3.05, 3.63) is 206 Å². The summed E-state index contributed by atoms with van der Waals surface area (Å²) in [6.07, 6.45) is 3.72. The predicted molar refractivity (Wildman–Crippen MR) is 240 cm³/mol. The van der Waals surface area contributed by atoms with Gasteiger partial charge in [0.25, 0.3) is 0 Å². The summed E-state index contributed by atoms with van der Waals surface area (Å²) >= 11 is -0.826. The maximum absolute atomic E-state index is 4.93. The monoisotopic (exact) mass is 854 g/mol. The Bertz CT molecular complexity index is 2610. The second-order valence-electron chi connectivity index (χ2n) is 13.4. The molecule has 0 saturated carbocycles. The Morgan fingerprint density at radius 3 is 1.29 bits per heavy atom. The van der Waals surface area contributed by atoms with Crippen molar-refractivity contribution in [2.45, 2.75) is 13.8 Å². The summed E-state index contributed by atoms with van der Waals surface area (Å²) in [7, 11) is 10.6. The van der Waals surface area contributed by atoms with E-state index in [2.05, 4.69) is 194 Å². The van der Waals surface area contributed by atoms with Gasteiger partial charge in [-0.25, -0.2) is 0 Å². The SMILES string of the molecule is Cc1cc2ccc(-c3cccc4cccnc34)cc2[cH-]1.Cc1cc2ccc(-c3cccc4cccnc34)cc2[cH-]1.[Cl][Zr+2][Cl].c1ccc([Si]c2ccccc2)cc1. The number of nitrogens with zero attached hydrogens (tertiary/aromatic N) is 2. The normalized spacial score (nSPS) is 10.5. The minimum atomic E-state index is -0.826. The quantitative estimate of drug-likeness (QED) is 0.130. The second-order valence-corrected chi connectivity index (χ2v) is 18.6. The van der Waals surface area contributed by atoms with Gasteiger partial charge in [0.05, 0.1) is 11.0 Å². The van der Waals surface area contributed by atoms with Crippen LogP contribution in [0.5, 0.6) is 0 Å². The Kier molecular flexibility index (Phi) is 13.5. The van der Waals surface area contributed by atoms with E-state index in [0.29, 0.717) is 0 Å². The van der Waals surface area contributed by atoms with Gasteiger partial charge in [0.15, 0.2) is 0 Å². The zero-order chi connectivity index (χ0) is 38.7. The third-order valence-electron chi connectivity index (χ3n) is 9.43. The molecule has 8 aromatic carbocycles. The van der Waals surface area contributed by atoms with Crippen LogP contribution >= 0.6 is 17.0 Å². The van der Waals surface area contributed by atoms with Crippen LogP contribution in [-0.2, 0) is 20.8 Å². The van der Waals surface area contributed by atoms with Gasteiger partial charge in [-0.3, -0.25) is 9.97 Å². The van der Waals surface area contributed by atoms with Crippen LogP contribution in [0.4, 0.5) is 0 Å². The molecule has 0 spiro atoms. The molecule has 0 N–H and O–H groups in total. The van der Waals surface area contributed by atoms with Crippen LogP contribution in [0.1, 0.15) is 11.1 Å². The molecular weight excluding hydrogens is 819 g/mol. The summed E-state index contributed by atoms with van der Waals surface area (Å²) in [5, 5.41) is 10.4. The minimum Gasteiger partial charge on any atom is -0.0631 e. The Balaban J connectivity index is 0.000000127. The summed E-state index contributed by atoms with van der Waals surface area (Å²) in [5.74, 6) is 0. The van der Waals surface area contributed by atoms with Gasteiger partial charge in [0, 0.05) is 23.2 Å². The Labute approximate surface area is 350 Å². The van der Waals surface area contributed by atoms with Crippen LogP contribution in [-0.4, -0.2) is 19.5 Å². The minimum absolute atomic E-state index is 0.777. The first-order valence-electron chi connectivity index (χ1n) is 18.3. The number of fused-ring (bicyclic) bond motifs is 4. The van der Waals surface area contributed by atoms with Crippen LogP contribution in [0.15, 0.2) is 194 Å². The molecule has 6 heteroatoms. The average molecular weight is 857 g/mol. The molecule has 56 heavy (non-hydrogen) atoms. The predicted octanol–water partition coefficient (Wildman–Crippen LogP) is 12.9. The van der Waals surface area contributed by atoms with E-state index in [-0.39, 0.29) is 0 Å². The molecule has 0 aliphatic rings. The maximum atomic E-state index is 4.93. The first-order chi connectivity index (χ1) is 27.5. The smallest absolute Gasteiger partial charge is 0.0631 e. The molecule has 270 valence electrons. The molecule has 2 heterocycles. The molecule has 2 radical (unpaired) electrons. The van der Waals surface area contributed by atoms with Gasteiger partial charge in [-0.1, -0.05) is 157 Å². The molecule has 0 fully saturated rings. The van der Waals surface area contributed by atoms with Crippen LogP contribution in [0, 0.1) is 13.8 Å². The number of pyridine rings is 2. The number of hydrogen-bond acceptors (Lipinski definition) is 2. The van der Waals surface area contributed by atoms with Crippen molar-refractivity contribution in [3.8, 4) is 22.3 Å². The fraction of sp³-hybridized carbons (Fsp3) is 0.0400. The number of para-hydroxylation sites is 2. The zero-order valence-electron chi connectivity index (χ0n) is 31.1. The Morgan fingerprint density at radius 2 is 0.857 bits per heavy atom. The van der Waals surface area contributed by atoms with Gasteiger partial charge in [0.2, 0.25) is 0 Å². The summed E-state index contributed by atoms with van der Waals surface area (Å²) in [4.78, 5) is 9.09. The molecule has 0 saturated heterocycles. The Hall–Kier alpha value is -4.96. The fourth-order valence-electron chi connectivity index (χ4n) is 6.95. The maximum Gasteiger partial charge on any atom is 0.121 e. The first-order valence-corrected chi connectivity index (χ1v) is 25.7. The van der Waals surface area contributed by atoms with Crippen molar-refractivity contribution in [3.63, 3.8) is 0 Å². The molecule has 10 rings (SSSR count). The molecular formula is C50H38Cl2N2SiZr. The van der Waals surface area contributed by atoms with E-state index >= 15 is 0 Å². The molecule has 0 aliphatic heterocycles. The van der Waals surface area contributed by atoms with Gasteiger partial charge in [0.1, 0.15) is 9.52 Å².